The average molecular weight is 1830 g/mol. The molecule has 27 atom stereocenters. The molecule has 12 saturated carbocycles. The lowest BCUT2D eigenvalue weighted by molar-refractivity contribution is -0.219. The Morgan fingerprint density at radius 2 is 0.649 bits per heavy atom. The third-order valence-electron chi connectivity index (χ3n) is 45.4. The smallest absolute Gasteiger partial charge is 0.337 e. The molecule has 0 bridgehead atoms. The first-order valence-electron chi connectivity index (χ1n) is 53.6. The van der Waals surface area contributed by atoms with Gasteiger partial charge in [-0.2, -0.15) is 0 Å². The van der Waals surface area contributed by atoms with Crippen molar-refractivity contribution in [1.29, 1.82) is 0 Å². The van der Waals surface area contributed by atoms with Gasteiger partial charge in [0.2, 0.25) is 5.91 Å². The number of amides is 1. The number of rotatable bonds is 19. The highest BCUT2D eigenvalue weighted by Crippen LogP contribution is 2.82. The maximum atomic E-state index is 12.6. The summed E-state index contributed by atoms with van der Waals surface area (Å²) in [5.74, 6) is 8.67. The van der Waals surface area contributed by atoms with Gasteiger partial charge in [-0.05, 0) is 418 Å². The van der Waals surface area contributed by atoms with Crippen molar-refractivity contribution in [2.75, 3.05) is 53.5 Å². The van der Waals surface area contributed by atoms with E-state index in [2.05, 4.69) is 208 Å². The Kier molecular flexibility index (Phi) is 26.9. The van der Waals surface area contributed by atoms with Crippen LogP contribution in [-0.4, -0.2) is 99.0 Å². The summed E-state index contributed by atoms with van der Waals surface area (Å²) in [5.41, 5.74) is 29.0. The summed E-state index contributed by atoms with van der Waals surface area (Å²) in [6, 6.07) is 23.8. The van der Waals surface area contributed by atoms with Gasteiger partial charge in [0, 0.05) is 61.3 Å². The first-order chi connectivity index (χ1) is 62.9. The van der Waals surface area contributed by atoms with Gasteiger partial charge in [0.25, 0.3) is 0 Å². The Bertz CT molecular complexity index is 5060. The van der Waals surface area contributed by atoms with Crippen LogP contribution in [0.25, 0.3) is 16.7 Å². The molecule has 0 unspecified atom stereocenters. The fourth-order valence-electron chi connectivity index (χ4n) is 38.6. The Morgan fingerprint density at radius 1 is 0.366 bits per heavy atom. The van der Waals surface area contributed by atoms with Gasteiger partial charge in [-0.25, -0.2) is 14.4 Å². The minimum atomic E-state index is -0.857. The third-order valence-corrected chi connectivity index (χ3v) is 45.4. The summed E-state index contributed by atoms with van der Waals surface area (Å²) < 4.78 is 9.91. The number of carbonyl (C=O) groups is 4. The molecule has 15 aliphatic carbocycles. The number of hydrogen-bond donors (Lipinski definition) is 7. The molecule has 134 heavy (non-hydrogen) atoms. The number of esters is 2. The Labute approximate surface area is 810 Å². The van der Waals surface area contributed by atoms with Crippen molar-refractivity contribution in [2.24, 2.45) is 171 Å². The average Bonchev–Trinajstić information content (AvgIpc) is 1.11. The van der Waals surface area contributed by atoms with Crippen LogP contribution in [0.2, 0.25) is 0 Å². The normalized spacial score (nSPS) is 41.9. The molecule has 12 fully saturated rings. The van der Waals surface area contributed by atoms with E-state index in [1.54, 1.807) is 12.1 Å². The van der Waals surface area contributed by atoms with E-state index < -0.39 is 5.97 Å². The predicted molar refractivity (Wildman–Crippen MR) is 551 cm³/mol. The van der Waals surface area contributed by atoms with Crippen LogP contribution in [0.15, 0.2) is 127 Å². The number of methoxy groups -OCH3 is 2. The third kappa shape index (κ3) is 15.6. The Morgan fingerprint density at radius 3 is 0.910 bits per heavy atom. The quantitative estimate of drug-likeness (QED) is 0.0340. The lowest BCUT2D eigenvalue weighted by Gasteiger charge is -2.72. The minimum absolute atomic E-state index is 0.0428. The fourth-order valence-corrected chi connectivity index (χ4v) is 38.6. The molecule has 0 radical (unpaired) electrons. The molecule has 1 amide bonds. The monoisotopic (exact) mass is 1830 g/mol. The molecular weight excluding hydrogens is 1650 g/mol. The fraction of sp³-hybridized carbons (Fsp3) is 0.719. The molecule has 9 N–H and O–H groups in total. The zero-order chi connectivity index (χ0) is 97.1. The van der Waals surface area contributed by atoms with Crippen LogP contribution in [-0.2, 0) is 14.3 Å². The van der Waals surface area contributed by atoms with Gasteiger partial charge in [-0.3, -0.25) is 4.79 Å². The van der Waals surface area contributed by atoms with E-state index >= 15 is 0 Å². The second kappa shape index (κ2) is 35.8. The van der Waals surface area contributed by atoms with Crippen molar-refractivity contribution >= 4 is 40.5 Å². The van der Waals surface area contributed by atoms with E-state index in [9.17, 15) is 24.3 Å². The topological polar surface area (TPSA) is 207 Å². The van der Waals surface area contributed by atoms with Gasteiger partial charge in [-0.1, -0.05) is 216 Å². The number of allylic oxidation sites excluding steroid dienone is 9. The van der Waals surface area contributed by atoms with Gasteiger partial charge in [0.15, 0.2) is 0 Å². The largest absolute Gasteiger partial charge is 0.478 e. The number of ether oxygens (including phenoxy) is 2. The molecule has 0 aromatic heterocycles. The number of nitrogens with two attached hydrogens (primary N) is 2. The van der Waals surface area contributed by atoms with Crippen molar-refractivity contribution in [2.45, 2.75) is 335 Å². The number of benzene rings is 3. The number of carbonyl (C=O) groups excluding carboxylic acids is 3. The zero-order valence-electron chi connectivity index (χ0n) is 87.8. The van der Waals surface area contributed by atoms with Crippen LogP contribution in [0.5, 0.6) is 0 Å². The van der Waals surface area contributed by atoms with Crippen LogP contribution in [0.1, 0.15) is 367 Å². The van der Waals surface area contributed by atoms with E-state index in [0.29, 0.717) is 134 Å². The lowest BCUT2D eigenvalue weighted by Crippen LogP contribution is -2.68. The highest BCUT2D eigenvalue weighted by atomic mass is 16.5. The predicted octanol–water partition coefficient (Wildman–Crippen LogP) is 26.4. The van der Waals surface area contributed by atoms with Crippen molar-refractivity contribution in [3.05, 3.63) is 161 Å². The number of hydrogen-bond acceptors (Lipinski definition) is 11. The molecule has 0 heterocycles. The second-order valence-electron chi connectivity index (χ2n) is 52.5. The first-order valence-corrected chi connectivity index (χ1v) is 53.6. The van der Waals surface area contributed by atoms with E-state index in [1.807, 2.05) is 57.2 Å². The standard InChI is InChI=1S/C44H66N2O3.C39H58N2O2.C38H56N2O2/c1-28(2)31-18-23-44(46-27-26-45-38(48)39(3,4)5)25-24-42(9)33(36(31)44)16-17-35-41(8)21-19-32(29-12-14-30(15-13-29)37(47)49-11)40(6,7)34(41)20-22-43(35,42)10;1-25(2)28-15-20-39(41-24-23-40)22-21-37(6)30(33(28)39)13-14-32-36(5)18-16-29(26-9-11-27(12-10-26)34(42)43-8)35(3,4)31(36)17-19-38(32,37)7;1-24(2)27-14-19-38(40-23-22-39)21-20-36(6)29(32(27)38)12-13-31-35(5)17-15-28(25-8-10-26(11-9-25)33(41)42)34(3,4)30(35)16-18-37(31,36)7/h12-15,19,31,33-36,46H,1,16-18,20-27H2,2-11H3,(H,45,48);9-12,16,28,30-33,41H,1,13-15,17-24,40H2,2-8H3;8-11,15,27,29-32,40H,1,12-14,16-23,39H2,2-7H3,(H,41,42)/t31-,33+,34-,35+,36+,41-,42+,43+,44-;28-,30+,31-,32+,33+,36-,37+,38+,39-;27-,29+,30-,31+,32+,35-,36+,37+,38-/m000/s1. The number of carboxylic acid groups (broad SMARTS) is 1. The van der Waals surface area contributed by atoms with Crippen LogP contribution in [0.3, 0.4) is 0 Å². The highest BCUT2D eigenvalue weighted by Gasteiger charge is 2.75. The van der Waals surface area contributed by atoms with Crippen LogP contribution in [0, 0.1) is 159 Å². The number of carboxylic acids is 1. The molecule has 3 aromatic rings. The Balaban J connectivity index is 0.000000147. The summed E-state index contributed by atoms with van der Waals surface area (Å²) in [5, 5.41) is 24.9. The molecule has 736 valence electrons. The molecule has 15 aliphatic rings. The van der Waals surface area contributed by atoms with Gasteiger partial charge >= 0.3 is 17.9 Å². The number of nitrogens with one attached hydrogen (secondary N) is 4. The van der Waals surface area contributed by atoms with Crippen molar-refractivity contribution in [3.8, 4) is 0 Å². The Hall–Kier alpha value is -6.22. The van der Waals surface area contributed by atoms with Crippen molar-refractivity contribution < 1.29 is 33.8 Å². The van der Waals surface area contributed by atoms with Crippen molar-refractivity contribution in [3.63, 3.8) is 0 Å². The van der Waals surface area contributed by atoms with Gasteiger partial charge in [0.1, 0.15) is 0 Å². The molecule has 3 aromatic carbocycles. The lowest BCUT2D eigenvalue weighted by atomic mass is 9.33. The summed E-state index contributed by atoms with van der Waals surface area (Å²) >= 11 is 0. The summed E-state index contributed by atoms with van der Waals surface area (Å²) in [4.78, 5) is 48.3. The molecular formula is C121H180N6O7. The van der Waals surface area contributed by atoms with Crippen molar-refractivity contribution in [1.82, 2.24) is 21.3 Å². The van der Waals surface area contributed by atoms with Crippen LogP contribution < -0.4 is 32.7 Å². The highest BCUT2D eigenvalue weighted by molar-refractivity contribution is 5.91. The van der Waals surface area contributed by atoms with E-state index in [0.717, 1.165) is 56.7 Å². The first kappa shape index (κ1) is 101. The maximum absolute atomic E-state index is 12.6. The van der Waals surface area contributed by atoms with E-state index in [4.69, 9.17) is 20.9 Å². The molecule has 13 heteroatoms. The number of aromatic carboxylic acids is 1. The van der Waals surface area contributed by atoms with Gasteiger partial charge in [-0.15, -0.1) is 0 Å². The summed E-state index contributed by atoms with van der Waals surface area (Å²) in [6.45, 7) is 70.5. The molecule has 18 rings (SSSR count). The van der Waals surface area contributed by atoms with E-state index in [-0.39, 0.29) is 77.8 Å². The molecule has 0 spiro atoms. The molecule has 13 nitrogen and oxygen atoms in total. The summed E-state index contributed by atoms with van der Waals surface area (Å²) in [7, 11) is 2.89. The minimum Gasteiger partial charge on any atom is -0.478 e. The van der Waals surface area contributed by atoms with Gasteiger partial charge in [0.05, 0.1) is 30.9 Å². The maximum Gasteiger partial charge on any atom is 0.337 e. The van der Waals surface area contributed by atoms with Crippen LogP contribution >= 0.6 is 0 Å². The SMILES string of the molecule is C=C(C)[C@@H]1CC[C@]2(NCCN)CC[C@]3(C)[C@H](CC[C@@H]4[C@@]5(C)CC=C(c6ccc(C(=O)O)cc6)C(C)(C)[C@@H]5CC[C@]43C)[C@@H]12.C=C(C)[C@@H]1CC[C@]2(NCCN)CC[C@]3(C)[C@H](CC[C@@H]4[C@@]5(C)CC=C(c6ccc(C(=O)OC)cc6)C(C)(C)[C@@H]5CC[C@]43C)[C@@H]12.C=C(C)[C@@H]1CC[C@]2(NCCNC(=O)C(C)(C)C)CC[C@]3(C)[C@H](CC[C@@H]4[C@@]5(C)CC=C(c6ccc(C(=O)OC)cc6)C(C)(C)[C@@H]5CC[C@]43C)[C@@H]12. The summed E-state index contributed by atoms with van der Waals surface area (Å²) in [6.07, 6.45) is 42.2. The second-order valence-corrected chi connectivity index (χ2v) is 52.5. The zero-order valence-corrected chi connectivity index (χ0v) is 87.8. The molecule has 0 saturated heterocycles. The molecule has 0 aliphatic heterocycles. The van der Waals surface area contributed by atoms with Gasteiger partial charge < -0.3 is 47.3 Å². The number of fused-ring (bicyclic) bond motifs is 21. The van der Waals surface area contributed by atoms with E-state index in [1.165, 1.54) is 218 Å². The van der Waals surface area contributed by atoms with Crippen LogP contribution in [0.4, 0.5) is 0 Å².